The molecule has 2 aromatic rings. The van der Waals surface area contributed by atoms with Crippen LogP contribution in [0.4, 0.5) is 4.39 Å². The second-order valence-electron chi connectivity index (χ2n) is 5.15. The highest BCUT2D eigenvalue weighted by Crippen LogP contribution is 2.24. The highest BCUT2D eigenvalue weighted by molar-refractivity contribution is 5.59. The van der Waals surface area contributed by atoms with Gasteiger partial charge in [0.15, 0.2) is 0 Å². The van der Waals surface area contributed by atoms with Gasteiger partial charge in [0.05, 0.1) is 17.9 Å². The van der Waals surface area contributed by atoms with E-state index in [0.29, 0.717) is 11.6 Å². The normalized spacial score (nSPS) is 19.6. The number of hydrogen-bond donors (Lipinski definition) is 2. The Bertz CT molecular complexity index is 571. The average molecular weight is 259 g/mol. The molecular formula is C15H18FN3. The third-order valence-corrected chi connectivity index (χ3v) is 3.70. The predicted octanol–water partition coefficient (Wildman–Crippen LogP) is 3.34. The predicted molar refractivity (Wildman–Crippen MR) is 73.3 cm³/mol. The lowest BCUT2D eigenvalue weighted by molar-refractivity contribution is 0.399. The molecule has 1 unspecified atom stereocenters. The highest BCUT2D eigenvalue weighted by Gasteiger charge is 2.17. The fraction of sp³-hybridized carbons (Fsp3) is 0.400. The minimum Gasteiger partial charge on any atom is -0.341 e. The summed E-state index contributed by atoms with van der Waals surface area (Å²) in [4.78, 5) is 7.81. The lowest BCUT2D eigenvalue weighted by Crippen LogP contribution is -2.27. The minimum atomic E-state index is -0.169. The molecule has 1 aromatic heterocycles. The number of aromatic nitrogens is 2. The van der Waals surface area contributed by atoms with Gasteiger partial charge < -0.3 is 10.3 Å². The zero-order valence-electron chi connectivity index (χ0n) is 11.0. The number of H-pyrrole nitrogens is 1. The number of rotatable bonds is 2. The molecule has 100 valence electrons. The Kier molecular flexibility index (Phi) is 3.34. The molecule has 0 radical (unpaired) electrons. The topological polar surface area (TPSA) is 40.7 Å². The van der Waals surface area contributed by atoms with E-state index in [1.807, 2.05) is 12.3 Å². The number of piperidine rings is 1. The molecule has 3 rings (SSSR count). The van der Waals surface area contributed by atoms with Gasteiger partial charge in [-0.1, -0.05) is 6.42 Å². The first-order valence-corrected chi connectivity index (χ1v) is 6.79. The van der Waals surface area contributed by atoms with Crippen molar-refractivity contribution in [2.45, 2.75) is 32.2 Å². The third-order valence-electron chi connectivity index (χ3n) is 3.70. The number of nitrogens with zero attached hydrogens (tertiary/aromatic N) is 1. The van der Waals surface area contributed by atoms with Crippen LogP contribution in [0.2, 0.25) is 0 Å². The number of halogens is 1. The SMILES string of the molecule is Cc1cc(-c2cnc(C3CCCCN3)[nH]2)ccc1F. The molecule has 0 saturated carbocycles. The molecule has 3 nitrogen and oxygen atoms in total. The zero-order valence-corrected chi connectivity index (χ0v) is 11.0. The lowest BCUT2D eigenvalue weighted by Gasteiger charge is -2.21. The van der Waals surface area contributed by atoms with Crippen molar-refractivity contribution in [3.8, 4) is 11.3 Å². The van der Waals surface area contributed by atoms with Crippen molar-refractivity contribution in [1.29, 1.82) is 0 Å². The van der Waals surface area contributed by atoms with Gasteiger partial charge in [-0.2, -0.15) is 0 Å². The maximum atomic E-state index is 13.3. The van der Waals surface area contributed by atoms with E-state index in [0.717, 1.165) is 30.0 Å². The maximum absolute atomic E-state index is 13.3. The molecule has 1 aliphatic heterocycles. The molecule has 1 saturated heterocycles. The Balaban J connectivity index is 1.85. The van der Waals surface area contributed by atoms with Crippen molar-refractivity contribution in [3.63, 3.8) is 0 Å². The largest absolute Gasteiger partial charge is 0.341 e. The van der Waals surface area contributed by atoms with Gasteiger partial charge in [-0.05, 0) is 50.1 Å². The second-order valence-corrected chi connectivity index (χ2v) is 5.15. The van der Waals surface area contributed by atoms with Crippen LogP contribution in [0.1, 0.15) is 36.7 Å². The number of aromatic amines is 1. The van der Waals surface area contributed by atoms with E-state index in [1.54, 1.807) is 13.0 Å². The molecule has 2 N–H and O–H groups in total. The molecule has 1 aromatic carbocycles. The quantitative estimate of drug-likeness (QED) is 0.868. The van der Waals surface area contributed by atoms with Gasteiger partial charge >= 0.3 is 0 Å². The summed E-state index contributed by atoms with van der Waals surface area (Å²) >= 11 is 0. The molecule has 0 spiro atoms. The number of aryl methyl sites for hydroxylation is 1. The Morgan fingerprint density at radius 1 is 1.32 bits per heavy atom. The summed E-state index contributed by atoms with van der Waals surface area (Å²) in [7, 11) is 0. The zero-order chi connectivity index (χ0) is 13.2. The fourth-order valence-corrected chi connectivity index (χ4v) is 2.56. The number of nitrogens with one attached hydrogen (secondary N) is 2. The van der Waals surface area contributed by atoms with Crippen LogP contribution in [0.25, 0.3) is 11.3 Å². The Labute approximate surface area is 112 Å². The summed E-state index contributed by atoms with van der Waals surface area (Å²) in [6.07, 6.45) is 5.43. The molecule has 19 heavy (non-hydrogen) atoms. The van der Waals surface area contributed by atoms with Gasteiger partial charge in [0.1, 0.15) is 11.6 Å². The molecule has 0 aliphatic carbocycles. The monoisotopic (exact) mass is 259 g/mol. The Morgan fingerprint density at radius 2 is 2.21 bits per heavy atom. The molecule has 0 amide bonds. The van der Waals surface area contributed by atoms with E-state index in [-0.39, 0.29) is 5.82 Å². The van der Waals surface area contributed by atoms with Crippen LogP contribution in [0.5, 0.6) is 0 Å². The number of hydrogen-bond acceptors (Lipinski definition) is 2. The molecule has 1 aliphatic rings. The highest BCUT2D eigenvalue weighted by atomic mass is 19.1. The summed E-state index contributed by atoms with van der Waals surface area (Å²) in [5, 5.41) is 3.47. The van der Waals surface area contributed by atoms with Gasteiger partial charge in [0, 0.05) is 5.56 Å². The fourth-order valence-electron chi connectivity index (χ4n) is 2.56. The Morgan fingerprint density at radius 3 is 2.95 bits per heavy atom. The van der Waals surface area contributed by atoms with Crippen LogP contribution in [0.15, 0.2) is 24.4 Å². The first kappa shape index (κ1) is 12.4. The Hall–Kier alpha value is -1.68. The van der Waals surface area contributed by atoms with Gasteiger partial charge in [-0.25, -0.2) is 9.37 Å². The van der Waals surface area contributed by atoms with Gasteiger partial charge in [0.2, 0.25) is 0 Å². The number of benzene rings is 1. The number of imidazole rings is 1. The molecule has 4 heteroatoms. The average Bonchev–Trinajstić information content (AvgIpc) is 2.93. The molecular weight excluding hydrogens is 241 g/mol. The van der Waals surface area contributed by atoms with Crippen LogP contribution >= 0.6 is 0 Å². The van der Waals surface area contributed by atoms with Crippen LogP contribution < -0.4 is 5.32 Å². The van der Waals surface area contributed by atoms with Gasteiger partial charge in [0.25, 0.3) is 0 Å². The van der Waals surface area contributed by atoms with E-state index in [2.05, 4.69) is 15.3 Å². The maximum Gasteiger partial charge on any atom is 0.126 e. The van der Waals surface area contributed by atoms with Crippen molar-refractivity contribution >= 4 is 0 Å². The summed E-state index contributed by atoms with van der Waals surface area (Å²) in [5.41, 5.74) is 2.59. The van der Waals surface area contributed by atoms with Crippen LogP contribution in [-0.2, 0) is 0 Å². The van der Waals surface area contributed by atoms with Gasteiger partial charge in [-0.15, -0.1) is 0 Å². The lowest BCUT2D eigenvalue weighted by atomic mass is 10.0. The molecule has 0 bridgehead atoms. The van der Waals surface area contributed by atoms with Gasteiger partial charge in [-0.3, -0.25) is 0 Å². The van der Waals surface area contributed by atoms with Crippen molar-refractivity contribution in [2.75, 3.05) is 6.54 Å². The van der Waals surface area contributed by atoms with E-state index in [1.165, 1.54) is 18.9 Å². The first-order chi connectivity index (χ1) is 9.24. The third kappa shape index (κ3) is 2.54. The van der Waals surface area contributed by atoms with Crippen molar-refractivity contribution in [2.24, 2.45) is 0 Å². The van der Waals surface area contributed by atoms with E-state index < -0.39 is 0 Å². The molecule has 2 heterocycles. The van der Waals surface area contributed by atoms with E-state index in [4.69, 9.17) is 0 Å². The minimum absolute atomic E-state index is 0.169. The molecule has 1 fully saturated rings. The first-order valence-electron chi connectivity index (χ1n) is 6.79. The van der Waals surface area contributed by atoms with Crippen LogP contribution in [0.3, 0.4) is 0 Å². The van der Waals surface area contributed by atoms with Crippen molar-refractivity contribution in [1.82, 2.24) is 15.3 Å². The van der Waals surface area contributed by atoms with Crippen LogP contribution in [-0.4, -0.2) is 16.5 Å². The molecule has 1 atom stereocenters. The van der Waals surface area contributed by atoms with E-state index in [9.17, 15) is 4.39 Å². The summed E-state index contributed by atoms with van der Waals surface area (Å²) < 4.78 is 13.3. The van der Waals surface area contributed by atoms with Crippen molar-refractivity contribution in [3.05, 3.63) is 41.6 Å². The smallest absolute Gasteiger partial charge is 0.126 e. The summed E-state index contributed by atoms with van der Waals surface area (Å²) in [6.45, 7) is 2.83. The summed E-state index contributed by atoms with van der Waals surface area (Å²) in [5.74, 6) is 0.814. The van der Waals surface area contributed by atoms with Crippen molar-refractivity contribution < 1.29 is 4.39 Å². The van der Waals surface area contributed by atoms with E-state index >= 15 is 0 Å². The van der Waals surface area contributed by atoms with Crippen LogP contribution in [0, 0.1) is 12.7 Å². The second kappa shape index (κ2) is 5.13. The standard InChI is InChI=1S/C15H18FN3/c1-10-8-11(5-6-12(10)16)14-9-18-15(19-14)13-4-2-3-7-17-13/h5-6,8-9,13,17H,2-4,7H2,1H3,(H,18,19). The summed E-state index contributed by atoms with van der Waals surface area (Å²) in [6, 6.07) is 5.46.